The summed E-state index contributed by atoms with van der Waals surface area (Å²) in [4.78, 5) is 17.3. The Labute approximate surface area is 163 Å². The van der Waals surface area contributed by atoms with E-state index in [1.807, 2.05) is 0 Å². The lowest BCUT2D eigenvalue weighted by molar-refractivity contribution is -0.124. The molecule has 1 unspecified atom stereocenters. The molecule has 1 amide bonds. The van der Waals surface area contributed by atoms with Gasteiger partial charge in [0.2, 0.25) is 5.75 Å². The van der Waals surface area contributed by atoms with Gasteiger partial charge in [0.25, 0.3) is 5.91 Å². The standard InChI is InChI=1S/C20H23N3O5/c1-25-14-7-5-13(6-8-14)20(18(24)22-19(21)23-20)11-12-9-15(26-2)17(28-4)16(10-12)27-3/h5-10H,11H2,1-4H3,(H3,21,22,23,24). The highest BCUT2D eigenvalue weighted by Gasteiger charge is 2.45. The van der Waals surface area contributed by atoms with Crippen LogP contribution in [-0.2, 0) is 16.8 Å². The van der Waals surface area contributed by atoms with Crippen LogP contribution in [-0.4, -0.2) is 40.3 Å². The van der Waals surface area contributed by atoms with Crippen molar-refractivity contribution >= 4 is 11.9 Å². The number of methoxy groups -OCH3 is 4. The first-order valence-electron chi connectivity index (χ1n) is 8.57. The van der Waals surface area contributed by atoms with Gasteiger partial charge in [0.05, 0.1) is 28.4 Å². The van der Waals surface area contributed by atoms with Crippen molar-refractivity contribution in [3.63, 3.8) is 0 Å². The number of carbonyl (C=O) groups is 1. The minimum Gasteiger partial charge on any atom is -0.497 e. The van der Waals surface area contributed by atoms with Crippen LogP contribution >= 0.6 is 0 Å². The molecule has 2 aromatic rings. The molecule has 1 aliphatic heterocycles. The third-order valence-electron chi connectivity index (χ3n) is 4.68. The van der Waals surface area contributed by atoms with Crippen LogP contribution in [0.3, 0.4) is 0 Å². The van der Waals surface area contributed by atoms with Crippen molar-refractivity contribution in [2.45, 2.75) is 12.0 Å². The van der Waals surface area contributed by atoms with Gasteiger partial charge in [0.15, 0.2) is 23.0 Å². The number of guanidine groups is 1. The second kappa shape index (κ2) is 7.67. The van der Waals surface area contributed by atoms with Crippen LogP contribution in [0.15, 0.2) is 41.4 Å². The Morgan fingerprint density at radius 3 is 2.00 bits per heavy atom. The summed E-state index contributed by atoms with van der Waals surface area (Å²) < 4.78 is 21.4. The molecule has 1 atom stereocenters. The fourth-order valence-corrected chi connectivity index (χ4v) is 3.32. The van der Waals surface area contributed by atoms with Gasteiger partial charge in [-0.1, -0.05) is 12.1 Å². The monoisotopic (exact) mass is 385 g/mol. The molecule has 0 aliphatic carbocycles. The summed E-state index contributed by atoms with van der Waals surface area (Å²) in [6, 6.07) is 10.8. The number of hydrogen-bond donors (Lipinski definition) is 2. The molecule has 3 rings (SSSR count). The molecule has 8 nitrogen and oxygen atoms in total. The Morgan fingerprint density at radius 2 is 1.57 bits per heavy atom. The van der Waals surface area contributed by atoms with Crippen LogP contribution in [0.25, 0.3) is 0 Å². The molecule has 0 radical (unpaired) electrons. The fourth-order valence-electron chi connectivity index (χ4n) is 3.32. The van der Waals surface area contributed by atoms with Gasteiger partial charge in [0, 0.05) is 6.42 Å². The predicted molar refractivity (Wildman–Crippen MR) is 104 cm³/mol. The van der Waals surface area contributed by atoms with Crippen molar-refractivity contribution in [1.82, 2.24) is 5.32 Å². The predicted octanol–water partition coefficient (Wildman–Crippen LogP) is 1.60. The number of benzene rings is 2. The molecule has 0 aromatic heterocycles. The van der Waals surface area contributed by atoms with E-state index >= 15 is 0 Å². The van der Waals surface area contributed by atoms with Crippen molar-refractivity contribution in [2.24, 2.45) is 10.7 Å². The molecular formula is C20H23N3O5. The molecule has 3 N–H and O–H groups in total. The Hall–Kier alpha value is -3.42. The maximum atomic E-state index is 12.9. The van der Waals surface area contributed by atoms with Gasteiger partial charge in [-0.2, -0.15) is 0 Å². The summed E-state index contributed by atoms with van der Waals surface area (Å²) >= 11 is 0. The van der Waals surface area contributed by atoms with E-state index in [9.17, 15) is 4.79 Å². The van der Waals surface area contributed by atoms with Gasteiger partial charge in [-0.25, -0.2) is 4.99 Å². The summed E-state index contributed by atoms with van der Waals surface area (Å²) in [6.45, 7) is 0. The highest BCUT2D eigenvalue weighted by atomic mass is 16.5. The zero-order valence-electron chi connectivity index (χ0n) is 16.2. The largest absolute Gasteiger partial charge is 0.497 e. The average Bonchev–Trinajstić information content (AvgIpc) is 3.00. The fraction of sp³-hybridized carbons (Fsp3) is 0.300. The number of carbonyl (C=O) groups excluding carboxylic acids is 1. The third-order valence-corrected chi connectivity index (χ3v) is 4.68. The second-order valence-corrected chi connectivity index (χ2v) is 6.25. The quantitative estimate of drug-likeness (QED) is 0.750. The number of ether oxygens (including phenoxy) is 4. The molecule has 0 spiro atoms. The molecule has 2 aromatic carbocycles. The average molecular weight is 385 g/mol. The Kier molecular flexibility index (Phi) is 5.30. The smallest absolute Gasteiger partial charge is 0.259 e. The first-order valence-corrected chi connectivity index (χ1v) is 8.57. The van der Waals surface area contributed by atoms with E-state index in [4.69, 9.17) is 24.7 Å². The molecule has 0 bridgehead atoms. The van der Waals surface area contributed by atoms with Crippen LogP contribution in [0, 0.1) is 0 Å². The molecule has 0 saturated heterocycles. The normalized spacial score (nSPS) is 18.3. The molecule has 28 heavy (non-hydrogen) atoms. The van der Waals surface area contributed by atoms with Crippen molar-refractivity contribution in [1.29, 1.82) is 0 Å². The number of rotatable bonds is 7. The van der Waals surface area contributed by atoms with E-state index in [1.54, 1.807) is 57.7 Å². The van der Waals surface area contributed by atoms with E-state index < -0.39 is 5.54 Å². The van der Waals surface area contributed by atoms with Gasteiger partial charge in [-0.15, -0.1) is 0 Å². The third kappa shape index (κ3) is 3.28. The molecule has 148 valence electrons. The summed E-state index contributed by atoms with van der Waals surface area (Å²) in [5.41, 5.74) is 6.09. The molecule has 8 heteroatoms. The number of aliphatic imine (C=N–C) groups is 1. The summed E-state index contributed by atoms with van der Waals surface area (Å²) in [5, 5.41) is 2.61. The SMILES string of the molecule is COc1ccc(C2(Cc3cc(OC)c(OC)c(OC)c3)N=C(N)NC2=O)cc1. The maximum absolute atomic E-state index is 12.9. The lowest BCUT2D eigenvalue weighted by atomic mass is 9.84. The Balaban J connectivity index is 2.10. The minimum absolute atomic E-state index is 0.0771. The maximum Gasteiger partial charge on any atom is 0.259 e. The Morgan fingerprint density at radius 1 is 0.964 bits per heavy atom. The molecular weight excluding hydrogens is 362 g/mol. The highest BCUT2D eigenvalue weighted by molar-refractivity contribution is 6.07. The van der Waals surface area contributed by atoms with Gasteiger partial charge in [-0.3, -0.25) is 10.1 Å². The van der Waals surface area contributed by atoms with Crippen molar-refractivity contribution in [3.05, 3.63) is 47.5 Å². The highest BCUT2D eigenvalue weighted by Crippen LogP contribution is 2.41. The van der Waals surface area contributed by atoms with Crippen LogP contribution in [0.2, 0.25) is 0 Å². The van der Waals surface area contributed by atoms with Crippen molar-refractivity contribution in [3.8, 4) is 23.0 Å². The van der Waals surface area contributed by atoms with Crippen molar-refractivity contribution < 1.29 is 23.7 Å². The zero-order chi connectivity index (χ0) is 20.3. The Bertz CT molecular complexity index is 886. The number of nitrogens with zero attached hydrogens (tertiary/aromatic N) is 1. The minimum atomic E-state index is -1.21. The van der Waals surface area contributed by atoms with Crippen molar-refractivity contribution in [2.75, 3.05) is 28.4 Å². The molecule has 1 heterocycles. The summed E-state index contributed by atoms with van der Waals surface area (Å²) in [7, 11) is 6.20. The van der Waals surface area contributed by atoms with Gasteiger partial charge in [0.1, 0.15) is 5.75 Å². The number of nitrogens with one attached hydrogen (secondary N) is 1. The lowest BCUT2D eigenvalue weighted by Crippen LogP contribution is -2.40. The van der Waals surface area contributed by atoms with E-state index in [-0.39, 0.29) is 18.3 Å². The molecule has 0 saturated carbocycles. The molecule has 0 fully saturated rings. The van der Waals surface area contributed by atoms with E-state index in [0.717, 1.165) is 5.56 Å². The number of nitrogens with two attached hydrogens (primary N) is 1. The molecule has 1 aliphatic rings. The van der Waals surface area contributed by atoms with E-state index in [0.29, 0.717) is 28.6 Å². The number of amides is 1. The van der Waals surface area contributed by atoms with Gasteiger partial charge in [-0.05, 0) is 35.4 Å². The van der Waals surface area contributed by atoms with E-state index in [1.165, 1.54) is 7.11 Å². The summed E-state index contributed by atoms with van der Waals surface area (Å²) in [5.74, 6) is 1.93. The lowest BCUT2D eigenvalue weighted by Gasteiger charge is -2.25. The topological polar surface area (TPSA) is 104 Å². The van der Waals surface area contributed by atoms with Crippen LogP contribution in [0.4, 0.5) is 0 Å². The zero-order valence-corrected chi connectivity index (χ0v) is 16.2. The summed E-state index contributed by atoms with van der Waals surface area (Å²) in [6.07, 6.45) is 0.253. The van der Waals surface area contributed by atoms with Crippen LogP contribution in [0.1, 0.15) is 11.1 Å². The van der Waals surface area contributed by atoms with Crippen LogP contribution in [0.5, 0.6) is 23.0 Å². The van der Waals surface area contributed by atoms with Gasteiger partial charge < -0.3 is 24.7 Å². The van der Waals surface area contributed by atoms with E-state index in [2.05, 4.69) is 10.3 Å². The first kappa shape index (κ1) is 19.3. The number of hydrogen-bond acceptors (Lipinski definition) is 7. The van der Waals surface area contributed by atoms with Gasteiger partial charge >= 0.3 is 0 Å². The van der Waals surface area contributed by atoms with Crippen LogP contribution < -0.4 is 30.0 Å². The first-order chi connectivity index (χ1) is 13.5. The second-order valence-electron chi connectivity index (χ2n) is 6.25.